The maximum absolute atomic E-state index is 13.8. The predicted molar refractivity (Wildman–Crippen MR) is 136 cm³/mol. The lowest BCUT2D eigenvalue weighted by Crippen LogP contribution is -2.55. The summed E-state index contributed by atoms with van der Waals surface area (Å²) in [4.78, 5) is 41.4. The smallest absolute Gasteiger partial charge is 0.408 e. The Kier molecular flexibility index (Phi) is 10.2. The number of nitrogens with one attached hydrogen (secondary N) is 2. The van der Waals surface area contributed by atoms with E-state index in [9.17, 15) is 19.5 Å². The molecule has 0 aliphatic heterocycles. The predicted octanol–water partition coefficient (Wildman–Crippen LogP) is 4.45. The van der Waals surface area contributed by atoms with E-state index in [1.807, 2.05) is 13.8 Å². The number of carbonyl (C=O) groups is 3. The highest BCUT2D eigenvalue weighted by molar-refractivity contribution is 5.92. The first-order chi connectivity index (χ1) is 16.4. The van der Waals surface area contributed by atoms with Crippen LogP contribution in [0.3, 0.4) is 0 Å². The number of hydrogen-bond donors (Lipinski definition) is 3. The molecule has 0 spiro atoms. The van der Waals surface area contributed by atoms with Crippen molar-refractivity contribution in [2.24, 2.45) is 5.92 Å². The Labute approximate surface area is 209 Å². The fraction of sp³-hybridized carbons (Fsp3) is 0.593. The van der Waals surface area contributed by atoms with Crippen molar-refractivity contribution in [2.45, 2.75) is 90.4 Å². The molecule has 8 nitrogen and oxygen atoms in total. The number of hydrogen-bond acceptors (Lipinski definition) is 5. The van der Waals surface area contributed by atoms with E-state index in [1.165, 1.54) is 17.0 Å². The van der Waals surface area contributed by atoms with Crippen molar-refractivity contribution >= 4 is 17.9 Å². The van der Waals surface area contributed by atoms with E-state index >= 15 is 0 Å². The second-order valence-corrected chi connectivity index (χ2v) is 10.5. The van der Waals surface area contributed by atoms with Gasteiger partial charge in [0.15, 0.2) is 0 Å². The summed E-state index contributed by atoms with van der Waals surface area (Å²) in [6.07, 6.45) is 5.87. The summed E-state index contributed by atoms with van der Waals surface area (Å²) >= 11 is 0. The standard InChI is InChI=1S/C27H41N3O5/c1-7-16-30(25(33)22(18(2)3)29-26(34)35-27(4,5)6)23(19-12-11-15-21(31)17-19)24(32)28-20-13-9-8-10-14-20/h7,11-12,15,17-18,20,22-23,31H,1,8-10,13-14,16H2,2-6H3,(H,28,32)(H,29,34). The fourth-order valence-electron chi connectivity index (χ4n) is 4.28. The third-order valence-electron chi connectivity index (χ3n) is 5.91. The Balaban J connectivity index is 2.41. The Morgan fingerprint density at radius 2 is 1.86 bits per heavy atom. The minimum absolute atomic E-state index is 0.00346. The van der Waals surface area contributed by atoms with Crippen molar-refractivity contribution in [1.82, 2.24) is 15.5 Å². The molecule has 35 heavy (non-hydrogen) atoms. The van der Waals surface area contributed by atoms with Gasteiger partial charge in [0.1, 0.15) is 23.4 Å². The van der Waals surface area contributed by atoms with Crippen molar-refractivity contribution in [2.75, 3.05) is 6.54 Å². The van der Waals surface area contributed by atoms with Gasteiger partial charge in [0.2, 0.25) is 11.8 Å². The van der Waals surface area contributed by atoms with Gasteiger partial charge >= 0.3 is 6.09 Å². The zero-order valence-electron chi connectivity index (χ0n) is 21.7. The summed E-state index contributed by atoms with van der Waals surface area (Å²) in [5, 5.41) is 15.9. The van der Waals surface area contributed by atoms with Crippen LogP contribution in [0.5, 0.6) is 5.75 Å². The molecule has 0 bridgehead atoms. The van der Waals surface area contributed by atoms with Gasteiger partial charge in [-0.05, 0) is 57.2 Å². The average molecular weight is 488 g/mol. The van der Waals surface area contributed by atoms with Crippen LogP contribution in [0.1, 0.15) is 78.3 Å². The minimum Gasteiger partial charge on any atom is -0.508 e. The molecule has 2 atom stereocenters. The molecule has 1 aromatic rings. The molecule has 0 heterocycles. The van der Waals surface area contributed by atoms with Crippen LogP contribution in [0, 0.1) is 5.92 Å². The van der Waals surface area contributed by atoms with Crippen LogP contribution in [-0.2, 0) is 14.3 Å². The molecule has 0 aromatic heterocycles. The molecule has 2 unspecified atom stereocenters. The monoisotopic (exact) mass is 487 g/mol. The molecule has 3 N–H and O–H groups in total. The summed E-state index contributed by atoms with van der Waals surface area (Å²) in [5.74, 6) is -1.03. The molecule has 1 aliphatic carbocycles. The number of aromatic hydroxyl groups is 1. The molecule has 3 amide bonds. The van der Waals surface area contributed by atoms with Crippen molar-refractivity contribution in [3.63, 3.8) is 0 Å². The summed E-state index contributed by atoms with van der Waals surface area (Å²) in [6.45, 7) is 12.7. The first-order valence-electron chi connectivity index (χ1n) is 12.4. The van der Waals surface area contributed by atoms with E-state index < -0.39 is 29.7 Å². The van der Waals surface area contributed by atoms with Gasteiger partial charge in [-0.3, -0.25) is 9.59 Å². The number of rotatable bonds is 9. The van der Waals surface area contributed by atoms with Gasteiger partial charge < -0.3 is 25.4 Å². The molecular weight excluding hydrogens is 446 g/mol. The van der Waals surface area contributed by atoms with Gasteiger partial charge in [0.25, 0.3) is 0 Å². The number of nitrogens with zero attached hydrogens (tertiary/aromatic N) is 1. The number of ether oxygens (including phenoxy) is 1. The second-order valence-electron chi connectivity index (χ2n) is 10.5. The highest BCUT2D eigenvalue weighted by atomic mass is 16.6. The normalized spacial score (nSPS) is 16.2. The van der Waals surface area contributed by atoms with Crippen LogP contribution in [-0.4, -0.2) is 52.1 Å². The molecule has 8 heteroatoms. The maximum atomic E-state index is 13.8. The third-order valence-corrected chi connectivity index (χ3v) is 5.91. The summed E-state index contributed by atoms with van der Waals surface area (Å²) < 4.78 is 5.36. The van der Waals surface area contributed by atoms with Crippen LogP contribution >= 0.6 is 0 Å². The molecule has 1 fully saturated rings. The van der Waals surface area contributed by atoms with Gasteiger partial charge in [0, 0.05) is 12.6 Å². The van der Waals surface area contributed by atoms with E-state index in [-0.39, 0.29) is 30.2 Å². The third kappa shape index (κ3) is 8.60. The van der Waals surface area contributed by atoms with Crippen LogP contribution < -0.4 is 10.6 Å². The number of phenolic OH excluding ortho intramolecular Hbond substituents is 1. The molecule has 2 rings (SSSR count). The topological polar surface area (TPSA) is 108 Å². The first-order valence-corrected chi connectivity index (χ1v) is 12.4. The summed E-state index contributed by atoms with van der Waals surface area (Å²) in [7, 11) is 0. The number of amides is 3. The van der Waals surface area contributed by atoms with Gasteiger partial charge in [-0.15, -0.1) is 6.58 Å². The Morgan fingerprint density at radius 3 is 2.40 bits per heavy atom. The fourth-order valence-corrected chi connectivity index (χ4v) is 4.28. The van der Waals surface area contributed by atoms with Gasteiger partial charge in [0.05, 0.1) is 0 Å². The minimum atomic E-state index is -1.00. The average Bonchev–Trinajstić information content (AvgIpc) is 2.76. The molecule has 1 aliphatic rings. The second kappa shape index (κ2) is 12.6. The summed E-state index contributed by atoms with van der Waals surface area (Å²) in [6, 6.07) is 4.46. The van der Waals surface area contributed by atoms with E-state index in [0.29, 0.717) is 5.56 Å². The van der Waals surface area contributed by atoms with Crippen LogP contribution in [0.15, 0.2) is 36.9 Å². The highest BCUT2D eigenvalue weighted by Crippen LogP contribution is 2.27. The van der Waals surface area contributed by atoms with Gasteiger partial charge in [-0.25, -0.2) is 4.79 Å². The SMILES string of the molecule is C=CCN(C(=O)C(NC(=O)OC(C)(C)C)C(C)C)C(C(=O)NC1CCCCC1)c1cccc(O)c1. The van der Waals surface area contributed by atoms with Crippen LogP contribution in [0.2, 0.25) is 0 Å². The molecule has 1 saturated carbocycles. The van der Waals surface area contributed by atoms with E-state index in [0.717, 1.165) is 32.1 Å². The lowest BCUT2D eigenvalue weighted by atomic mass is 9.94. The lowest BCUT2D eigenvalue weighted by molar-refractivity contribution is -0.143. The van der Waals surface area contributed by atoms with Crippen LogP contribution in [0.25, 0.3) is 0 Å². The van der Waals surface area contributed by atoms with Crippen molar-refractivity contribution < 1.29 is 24.2 Å². The van der Waals surface area contributed by atoms with Crippen molar-refractivity contribution in [3.8, 4) is 5.75 Å². The molecule has 1 aromatic carbocycles. The molecular formula is C27H41N3O5. The van der Waals surface area contributed by atoms with Crippen LogP contribution in [0.4, 0.5) is 4.79 Å². The van der Waals surface area contributed by atoms with E-state index in [4.69, 9.17) is 4.74 Å². The lowest BCUT2D eigenvalue weighted by Gasteiger charge is -2.36. The maximum Gasteiger partial charge on any atom is 0.408 e. The molecule has 194 valence electrons. The number of phenols is 1. The Hall–Kier alpha value is -3.03. The van der Waals surface area contributed by atoms with E-state index in [2.05, 4.69) is 17.2 Å². The largest absolute Gasteiger partial charge is 0.508 e. The quantitative estimate of drug-likeness (QED) is 0.446. The van der Waals surface area contributed by atoms with Crippen molar-refractivity contribution in [3.05, 3.63) is 42.5 Å². The van der Waals surface area contributed by atoms with Crippen molar-refractivity contribution in [1.29, 1.82) is 0 Å². The number of alkyl carbamates (subject to hydrolysis) is 1. The number of benzene rings is 1. The van der Waals surface area contributed by atoms with Gasteiger partial charge in [-0.1, -0.05) is 51.3 Å². The number of carbonyl (C=O) groups excluding carboxylic acids is 3. The van der Waals surface area contributed by atoms with Gasteiger partial charge in [-0.2, -0.15) is 0 Å². The molecule has 0 radical (unpaired) electrons. The Morgan fingerprint density at radius 1 is 1.20 bits per heavy atom. The highest BCUT2D eigenvalue weighted by Gasteiger charge is 2.37. The van der Waals surface area contributed by atoms with E-state index in [1.54, 1.807) is 39.0 Å². The summed E-state index contributed by atoms with van der Waals surface area (Å²) in [5.41, 5.74) is -0.243. The first kappa shape index (κ1) is 28.2. The molecule has 0 saturated heterocycles. The zero-order chi connectivity index (χ0) is 26.2. The zero-order valence-corrected chi connectivity index (χ0v) is 21.7. The Bertz CT molecular complexity index is 887.